The molecule has 1 aromatic heterocycles. The summed E-state index contributed by atoms with van der Waals surface area (Å²) in [6, 6.07) is 4.43. The van der Waals surface area contributed by atoms with Crippen LogP contribution < -0.4 is 0 Å². The number of nitrogens with zero attached hydrogens (tertiary/aromatic N) is 3. The van der Waals surface area contributed by atoms with Gasteiger partial charge in [0.15, 0.2) is 5.69 Å². The van der Waals surface area contributed by atoms with Gasteiger partial charge in [-0.1, -0.05) is 22.9 Å². The fourth-order valence-corrected chi connectivity index (χ4v) is 1.92. The minimum absolute atomic E-state index is 0.0460. The zero-order valence-electron chi connectivity index (χ0n) is 11.5. The van der Waals surface area contributed by atoms with Crippen molar-refractivity contribution in [3.8, 4) is 0 Å². The first-order chi connectivity index (χ1) is 10.1. The Kier molecular flexibility index (Phi) is 4.87. The van der Waals surface area contributed by atoms with Crippen molar-refractivity contribution in [3.05, 3.63) is 46.0 Å². The van der Waals surface area contributed by atoms with Gasteiger partial charge in [0.25, 0.3) is 0 Å². The zero-order chi connectivity index (χ0) is 15.4. The van der Waals surface area contributed by atoms with Crippen molar-refractivity contribution in [2.45, 2.75) is 13.2 Å². The molecule has 0 radical (unpaired) electrons. The van der Waals surface area contributed by atoms with Crippen LogP contribution in [-0.2, 0) is 22.6 Å². The van der Waals surface area contributed by atoms with Crippen molar-refractivity contribution in [1.29, 1.82) is 0 Å². The standard InChI is InChI=1S/C13H13ClFN3O3/c1-20-7-11-12(13(19)21-2)16-17-18(11)6-8-3-4-9(14)10(15)5-8/h3-5H,6-7H2,1-2H3. The van der Waals surface area contributed by atoms with Gasteiger partial charge in [-0.05, 0) is 17.7 Å². The van der Waals surface area contributed by atoms with Crippen molar-refractivity contribution in [3.63, 3.8) is 0 Å². The quantitative estimate of drug-likeness (QED) is 0.790. The molecule has 0 saturated heterocycles. The van der Waals surface area contributed by atoms with Crippen LogP contribution in [0.25, 0.3) is 0 Å². The van der Waals surface area contributed by atoms with Gasteiger partial charge in [0.05, 0.1) is 31.0 Å². The van der Waals surface area contributed by atoms with E-state index >= 15 is 0 Å². The molecular formula is C13H13ClFN3O3. The van der Waals surface area contributed by atoms with E-state index in [0.717, 1.165) is 0 Å². The third kappa shape index (κ3) is 3.37. The summed E-state index contributed by atoms with van der Waals surface area (Å²) >= 11 is 5.64. The highest BCUT2D eigenvalue weighted by atomic mass is 35.5. The first-order valence-electron chi connectivity index (χ1n) is 6.00. The van der Waals surface area contributed by atoms with E-state index in [1.807, 2.05) is 0 Å². The van der Waals surface area contributed by atoms with Gasteiger partial charge in [0.1, 0.15) is 5.82 Å². The van der Waals surface area contributed by atoms with Crippen molar-refractivity contribution >= 4 is 17.6 Å². The lowest BCUT2D eigenvalue weighted by molar-refractivity contribution is 0.0588. The van der Waals surface area contributed by atoms with Gasteiger partial charge in [-0.3, -0.25) is 0 Å². The largest absolute Gasteiger partial charge is 0.464 e. The summed E-state index contributed by atoms with van der Waals surface area (Å²) in [6.07, 6.45) is 0. The van der Waals surface area contributed by atoms with Gasteiger partial charge in [-0.15, -0.1) is 5.10 Å². The monoisotopic (exact) mass is 313 g/mol. The van der Waals surface area contributed by atoms with Gasteiger partial charge in [-0.25, -0.2) is 13.9 Å². The highest BCUT2D eigenvalue weighted by Crippen LogP contribution is 2.17. The van der Waals surface area contributed by atoms with Gasteiger partial charge in [0, 0.05) is 7.11 Å². The molecule has 2 aromatic rings. The SMILES string of the molecule is COCc1c(C(=O)OC)nnn1Cc1ccc(Cl)c(F)c1. The summed E-state index contributed by atoms with van der Waals surface area (Å²) in [5, 5.41) is 7.71. The Morgan fingerprint density at radius 1 is 1.43 bits per heavy atom. The highest BCUT2D eigenvalue weighted by molar-refractivity contribution is 6.30. The maximum absolute atomic E-state index is 13.4. The number of benzene rings is 1. The molecule has 1 heterocycles. The van der Waals surface area contributed by atoms with Crippen molar-refractivity contribution in [2.24, 2.45) is 0 Å². The van der Waals surface area contributed by atoms with Gasteiger partial charge in [0.2, 0.25) is 0 Å². The molecule has 0 spiro atoms. The highest BCUT2D eigenvalue weighted by Gasteiger charge is 2.20. The van der Waals surface area contributed by atoms with E-state index in [0.29, 0.717) is 11.3 Å². The maximum atomic E-state index is 13.4. The minimum Gasteiger partial charge on any atom is -0.464 e. The Morgan fingerprint density at radius 2 is 2.19 bits per heavy atom. The van der Waals surface area contributed by atoms with Crippen LogP contribution in [0.15, 0.2) is 18.2 Å². The summed E-state index contributed by atoms with van der Waals surface area (Å²) in [6.45, 7) is 0.365. The normalized spacial score (nSPS) is 10.7. The molecule has 0 saturated carbocycles. The lowest BCUT2D eigenvalue weighted by atomic mass is 10.2. The van der Waals surface area contributed by atoms with E-state index in [2.05, 4.69) is 15.0 Å². The van der Waals surface area contributed by atoms with Crippen LogP contribution in [0.5, 0.6) is 0 Å². The summed E-state index contributed by atoms with van der Waals surface area (Å²) in [5.74, 6) is -1.12. The smallest absolute Gasteiger partial charge is 0.360 e. The van der Waals surface area contributed by atoms with E-state index in [9.17, 15) is 9.18 Å². The van der Waals surface area contributed by atoms with Crippen LogP contribution >= 0.6 is 11.6 Å². The molecule has 21 heavy (non-hydrogen) atoms. The number of carbonyl (C=O) groups excluding carboxylic acids is 1. The maximum Gasteiger partial charge on any atom is 0.360 e. The molecule has 2 rings (SSSR count). The minimum atomic E-state index is -0.601. The Bertz CT molecular complexity index is 660. The summed E-state index contributed by atoms with van der Waals surface area (Å²) < 4.78 is 24.6. The molecule has 6 nitrogen and oxygen atoms in total. The lowest BCUT2D eigenvalue weighted by Gasteiger charge is -2.07. The second kappa shape index (κ2) is 6.64. The number of esters is 1. The van der Waals surface area contributed by atoms with E-state index in [-0.39, 0.29) is 23.9 Å². The number of aromatic nitrogens is 3. The molecule has 1 aromatic carbocycles. The molecule has 0 N–H and O–H groups in total. The van der Waals surface area contributed by atoms with E-state index < -0.39 is 11.8 Å². The predicted octanol–water partition coefficient (Wildman–Crippen LogP) is 2.05. The second-order valence-electron chi connectivity index (χ2n) is 4.22. The van der Waals surface area contributed by atoms with Gasteiger partial charge in [-0.2, -0.15) is 0 Å². The molecule has 0 fully saturated rings. The number of hydrogen-bond donors (Lipinski definition) is 0. The van der Waals surface area contributed by atoms with Crippen LogP contribution in [0.3, 0.4) is 0 Å². The molecule has 0 unspecified atom stereocenters. The van der Waals surface area contributed by atoms with Crippen LogP contribution in [0, 0.1) is 5.82 Å². The number of halogens is 2. The van der Waals surface area contributed by atoms with Crippen molar-refractivity contribution < 1.29 is 18.7 Å². The fraction of sp³-hybridized carbons (Fsp3) is 0.308. The first-order valence-corrected chi connectivity index (χ1v) is 6.38. The van der Waals surface area contributed by atoms with Crippen molar-refractivity contribution in [1.82, 2.24) is 15.0 Å². The number of rotatable bonds is 5. The molecule has 112 valence electrons. The molecular weight excluding hydrogens is 301 g/mol. The molecule has 8 heteroatoms. The average Bonchev–Trinajstić information content (AvgIpc) is 2.85. The molecule has 0 bridgehead atoms. The number of ether oxygens (including phenoxy) is 2. The van der Waals surface area contributed by atoms with Crippen LogP contribution in [0.1, 0.15) is 21.7 Å². The van der Waals surface area contributed by atoms with Crippen molar-refractivity contribution in [2.75, 3.05) is 14.2 Å². The summed E-state index contributed by atoms with van der Waals surface area (Å²) in [4.78, 5) is 11.6. The average molecular weight is 314 g/mol. The first kappa shape index (κ1) is 15.4. The molecule has 0 atom stereocenters. The zero-order valence-corrected chi connectivity index (χ0v) is 12.2. The molecule has 0 aliphatic heterocycles. The van der Waals surface area contributed by atoms with Gasteiger partial charge < -0.3 is 9.47 Å². The third-order valence-corrected chi connectivity index (χ3v) is 3.12. The molecule has 0 aliphatic carbocycles. The fourth-order valence-electron chi connectivity index (χ4n) is 1.81. The number of hydrogen-bond acceptors (Lipinski definition) is 5. The van der Waals surface area contributed by atoms with Crippen LogP contribution in [0.4, 0.5) is 4.39 Å². The van der Waals surface area contributed by atoms with Crippen LogP contribution in [0.2, 0.25) is 5.02 Å². The van der Waals surface area contributed by atoms with Crippen LogP contribution in [-0.4, -0.2) is 35.2 Å². The molecule has 0 amide bonds. The van der Waals surface area contributed by atoms with E-state index in [1.165, 1.54) is 31.0 Å². The Hall–Kier alpha value is -1.99. The Labute approximate surface area is 125 Å². The summed E-state index contributed by atoms with van der Waals surface area (Å²) in [5.41, 5.74) is 1.17. The topological polar surface area (TPSA) is 66.2 Å². The van der Waals surface area contributed by atoms with Gasteiger partial charge >= 0.3 is 5.97 Å². The molecule has 0 aliphatic rings. The third-order valence-electron chi connectivity index (χ3n) is 2.81. The number of carbonyl (C=O) groups is 1. The van der Waals surface area contributed by atoms with E-state index in [4.69, 9.17) is 16.3 Å². The second-order valence-corrected chi connectivity index (χ2v) is 4.62. The summed E-state index contributed by atoms with van der Waals surface area (Å²) in [7, 11) is 2.74. The Balaban J connectivity index is 2.32. The number of methoxy groups -OCH3 is 2. The Morgan fingerprint density at radius 3 is 2.81 bits per heavy atom. The predicted molar refractivity (Wildman–Crippen MR) is 72.6 cm³/mol. The lowest BCUT2D eigenvalue weighted by Crippen LogP contribution is -2.11. The van der Waals surface area contributed by atoms with E-state index in [1.54, 1.807) is 6.07 Å².